The monoisotopic (exact) mass is 350 g/mol. The van der Waals surface area contributed by atoms with Crippen LogP contribution in [0.25, 0.3) is 0 Å². The van der Waals surface area contributed by atoms with Gasteiger partial charge >= 0.3 is 0 Å². The molecule has 0 spiro atoms. The highest BCUT2D eigenvalue weighted by Gasteiger charge is 2.28. The molecule has 0 saturated heterocycles. The number of benzene rings is 1. The molecule has 1 aliphatic rings. The van der Waals surface area contributed by atoms with Crippen molar-refractivity contribution < 1.29 is 12.8 Å². The zero-order chi connectivity index (χ0) is 15.5. The Hall–Kier alpha value is -0.690. The van der Waals surface area contributed by atoms with Gasteiger partial charge < -0.3 is 5.73 Å². The summed E-state index contributed by atoms with van der Waals surface area (Å²) < 4.78 is 41.2. The molecule has 0 amide bonds. The maximum atomic E-state index is 13.6. The third-order valence-corrected chi connectivity index (χ3v) is 5.92. The lowest BCUT2D eigenvalue weighted by Gasteiger charge is -2.30. The van der Waals surface area contributed by atoms with Crippen molar-refractivity contribution in [2.45, 2.75) is 50.0 Å². The predicted octanol–water partition coefficient (Wildman–Crippen LogP) is 2.74. The molecule has 1 atom stereocenters. The van der Waals surface area contributed by atoms with Gasteiger partial charge in [0.2, 0.25) is 10.0 Å². The van der Waals surface area contributed by atoms with E-state index in [9.17, 15) is 12.8 Å². The number of rotatable bonds is 5. The van der Waals surface area contributed by atoms with Gasteiger partial charge in [-0.15, -0.1) is 12.4 Å². The Morgan fingerprint density at radius 1 is 1.32 bits per heavy atom. The summed E-state index contributed by atoms with van der Waals surface area (Å²) in [6.07, 6.45) is 5.41. The zero-order valence-corrected chi connectivity index (χ0v) is 14.4. The van der Waals surface area contributed by atoms with Crippen molar-refractivity contribution in [3.63, 3.8) is 0 Å². The Morgan fingerprint density at radius 2 is 1.95 bits per heavy atom. The molecule has 0 radical (unpaired) electrons. The van der Waals surface area contributed by atoms with Crippen LogP contribution >= 0.6 is 12.4 Å². The van der Waals surface area contributed by atoms with Gasteiger partial charge in [-0.3, -0.25) is 0 Å². The minimum absolute atomic E-state index is 0. The molecule has 0 bridgehead atoms. The Kier molecular flexibility index (Phi) is 7.25. The SMILES string of the molecule is Cc1c(F)cccc1S(=O)(=O)NC(CN)C1CCCCC1.Cl. The molecule has 2 rings (SSSR count). The highest BCUT2D eigenvalue weighted by atomic mass is 35.5. The summed E-state index contributed by atoms with van der Waals surface area (Å²) in [6, 6.07) is 3.82. The van der Waals surface area contributed by atoms with E-state index in [-0.39, 0.29) is 41.4 Å². The fraction of sp³-hybridized carbons (Fsp3) is 0.600. The summed E-state index contributed by atoms with van der Waals surface area (Å²) in [6.45, 7) is 1.74. The third kappa shape index (κ3) is 4.41. The number of hydrogen-bond acceptors (Lipinski definition) is 3. The molecule has 3 N–H and O–H groups in total. The van der Waals surface area contributed by atoms with Crippen LogP contribution in [0.3, 0.4) is 0 Å². The van der Waals surface area contributed by atoms with Crippen LogP contribution < -0.4 is 10.5 Å². The lowest BCUT2D eigenvalue weighted by molar-refractivity contribution is 0.294. The molecule has 1 saturated carbocycles. The van der Waals surface area contributed by atoms with Crippen LogP contribution in [0.1, 0.15) is 37.7 Å². The fourth-order valence-corrected chi connectivity index (χ4v) is 4.59. The van der Waals surface area contributed by atoms with Crippen LogP contribution in [0.2, 0.25) is 0 Å². The van der Waals surface area contributed by atoms with Crippen molar-refractivity contribution in [1.82, 2.24) is 4.72 Å². The number of nitrogens with one attached hydrogen (secondary N) is 1. The molecule has 1 aromatic carbocycles. The highest BCUT2D eigenvalue weighted by Crippen LogP contribution is 2.27. The van der Waals surface area contributed by atoms with Gasteiger partial charge in [0.05, 0.1) is 4.90 Å². The number of halogens is 2. The maximum absolute atomic E-state index is 13.6. The lowest BCUT2D eigenvalue weighted by Crippen LogP contribution is -2.45. The number of nitrogens with two attached hydrogens (primary N) is 1. The van der Waals surface area contributed by atoms with Crippen LogP contribution in [0, 0.1) is 18.7 Å². The first kappa shape index (κ1) is 19.4. The quantitative estimate of drug-likeness (QED) is 0.857. The first-order valence-electron chi connectivity index (χ1n) is 7.43. The van der Waals surface area contributed by atoms with Crippen molar-refractivity contribution in [1.29, 1.82) is 0 Å². The minimum atomic E-state index is -3.74. The smallest absolute Gasteiger partial charge is 0.241 e. The average Bonchev–Trinajstić information content (AvgIpc) is 2.48. The summed E-state index contributed by atoms with van der Waals surface area (Å²) in [4.78, 5) is -0.00300. The molecular weight excluding hydrogens is 327 g/mol. The molecule has 7 heteroatoms. The van der Waals surface area contributed by atoms with Crippen molar-refractivity contribution in [2.24, 2.45) is 11.7 Å². The average molecular weight is 351 g/mol. The third-order valence-electron chi connectivity index (χ3n) is 4.29. The predicted molar refractivity (Wildman–Crippen MR) is 88.1 cm³/mol. The van der Waals surface area contributed by atoms with Gasteiger partial charge in [-0.25, -0.2) is 17.5 Å². The summed E-state index contributed by atoms with van der Waals surface area (Å²) in [7, 11) is -3.74. The van der Waals surface area contributed by atoms with E-state index >= 15 is 0 Å². The Morgan fingerprint density at radius 3 is 2.55 bits per heavy atom. The van der Waals surface area contributed by atoms with Crippen molar-refractivity contribution in [2.75, 3.05) is 6.54 Å². The van der Waals surface area contributed by atoms with E-state index in [0.29, 0.717) is 0 Å². The van der Waals surface area contributed by atoms with Gasteiger partial charge in [0.1, 0.15) is 5.82 Å². The first-order chi connectivity index (χ1) is 9.95. The van der Waals surface area contributed by atoms with Crippen LogP contribution in [0.5, 0.6) is 0 Å². The van der Waals surface area contributed by atoms with Crippen molar-refractivity contribution in [3.8, 4) is 0 Å². The van der Waals surface area contributed by atoms with Gasteiger partial charge in [0.25, 0.3) is 0 Å². The summed E-state index contributed by atoms with van der Waals surface area (Å²) in [5.74, 6) is -0.243. The van der Waals surface area contributed by atoms with Crippen molar-refractivity contribution in [3.05, 3.63) is 29.6 Å². The Labute approximate surface area is 138 Å². The molecule has 0 heterocycles. The molecule has 4 nitrogen and oxygen atoms in total. The summed E-state index contributed by atoms with van der Waals surface area (Å²) in [5.41, 5.74) is 5.90. The van der Waals surface area contributed by atoms with Gasteiger partial charge in [-0.2, -0.15) is 0 Å². The van der Waals surface area contributed by atoms with Crippen LogP contribution in [0.15, 0.2) is 23.1 Å². The van der Waals surface area contributed by atoms with Gasteiger partial charge in [-0.1, -0.05) is 25.3 Å². The van der Waals surface area contributed by atoms with Crippen LogP contribution in [0.4, 0.5) is 4.39 Å². The topological polar surface area (TPSA) is 72.2 Å². The molecule has 0 aromatic heterocycles. The second-order valence-electron chi connectivity index (χ2n) is 5.72. The highest BCUT2D eigenvalue weighted by molar-refractivity contribution is 7.89. The van der Waals surface area contributed by atoms with E-state index in [2.05, 4.69) is 4.72 Å². The molecule has 1 fully saturated rings. The van der Waals surface area contributed by atoms with E-state index < -0.39 is 15.8 Å². The summed E-state index contributed by atoms with van der Waals surface area (Å²) in [5, 5.41) is 0. The van der Waals surface area contributed by atoms with Gasteiger partial charge in [-0.05, 0) is 37.8 Å². The molecular formula is C15H24ClFN2O2S. The molecule has 1 aromatic rings. The molecule has 0 aliphatic heterocycles. The van der Waals surface area contributed by atoms with Gasteiger partial charge in [0.15, 0.2) is 0 Å². The van der Waals surface area contributed by atoms with Crippen molar-refractivity contribution >= 4 is 22.4 Å². The van der Waals surface area contributed by atoms with Crippen LogP contribution in [-0.4, -0.2) is 21.0 Å². The Balaban J connectivity index is 0.00000242. The van der Waals surface area contributed by atoms with E-state index in [1.54, 1.807) is 0 Å². The summed E-state index contributed by atoms with van der Waals surface area (Å²) >= 11 is 0. The van der Waals surface area contributed by atoms with Gasteiger partial charge in [0, 0.05) is 18.2 Å². The van der Waals surface area contributed by atoms with E-state index in [0.717, 1.165) is 25.7 Å². The standard InChI is InChI=1S/C15H23FN2O2S.ClH/c1-11-13(16)8-5-9-15(11)21(19,20)18-14(10-17)12-6-3-2-4-7-12;/h5,8-9,12,14,18H,2-4,6-7,10,17H2,1H3;1H. The first-order valence-corrected chi connectivity index (χ1v) is 8.91. The molecule has 126 valence electrons. The van der Waals surface area contributed by atoms with E-state index in [1.165, 1.54) is 31.5 Å². The minimum Gasteiger partial charge on any atom is -0.329 e. The molecule has 22 heavy (non-hydrogen) atoms. The second kappa shape index (κ2) is 8.24. The second-order valence-corrected chi connectivity index (χ2v) is 7.41. The zero-order valence-electron chi connectivity index (χ0n) is 12.7. The molecule has 1 unspecified atom stereocenters. The lowest BCUT2D eigenvalue weighted by atomic mass is 9.84. The van der Waals surface area contributed by atoms with E-state index in [1.807, 2.05) is 0 Å². The molecule has 1 aliphatic carbocycles. The van der Waals surface area contributed by atoms with Crippen LogP contribution in [-0.2, 0) is 10.0 Å². The maximum Gasteiger partial charge on any atom is 0.241 e. The Bertz CT molecular complexity index is 589. The fourth-order valence-electron chi connectivity index (χ4n) is 3.01. The normalized spacial score (nSPS) is 17.8. The largest absolute Gasteiger partial charge is 0.329 e. The number of sulfonamides is 1. The van der Waals surface area contributed by atoms with E-state index in [4.69, 9.17) is 5.73 Å². The number of hydrogen-bond donors (Lipinski definition) is 2.